The largest absolute Gasteiger partial charge is 0.462 e. The summed E-state index contributed by atoms with van der Waals surface area (Å²) in [5.41, 5.74) is -0.833. The maximum Gasteiger partial charge on any atom is 0.308 e. The Kier molecular flexibility index (Phi) is 2.06. The molecule has 3 nitrogen and oxygen atoms in total. The van der Waals surface area contributed by atoms with Crippen LogP contribution in [0.25, 0.3) is 0 Å². The Bertz CT molecular complexity index is 222. The molecule has 2 fully saturated rings. The number of aliphatic hydroxyl groups is 1. The van der Waals surface area contributed by atoms with Crippen molar-refractivity contribution in [3.8, 4) is 0 Å². The highest BCUT2D eigenvalue weighted by atomic mass is 16.5. The van der Waals surface area contributed by atoms with Gasteiger partial charge in [0.25, 0.3) is 0 Å². The lowest BCUT2D eigenvalue weighted by molar-refractivity contribution is -0.186. The first kappa shape index (κ1) is 9.00. The van der Waals surface area contributed by atoms with E-state index in [1.165, 1.54) is 0 Å². The van der Waals surface area contributed by atoms with Crippen molar-refractivity contribution in [1.29, 1.82) is 0 Å². The minimum absolute atomic E-state index is 0.0231. The molecule has 2 rings (SSSR count). The van der Waals surface area contributed by atoms with Crippen molar-refractivity contribution in [3.63, 3.8) is 0 Å². The zero-order valence-corrected chi connectivity index (χ0v) is 7.95. The molecule has 2 aliphatic rings. The van der Waals surface area contributed by atoms with Crippen LogP contribution < -0.4 is 0 Å². The van der Waals surface area contributed by atoms with E-state index in [0.717, 1.165) is 25.7 Å². The molecular weight excluding hydrogens is 168 g/mol. The highest BCUT2D eigenvalue weighted by molar-refractivity contribution is 5.72. The third kappa shape index (κ3) is 1.57. The molecule has 0 bridgehead atoms. The van der Waals surface area contributed by atoms with Crippen LogP contribution in [-0.4, -0.2) is 22.8 Å². The van der Waals surface area contributed by atoms with E-state index >= 15 is 0 Å². The summed E-state index contributed by atoms with van der Waals surface area (Å²) in [5, 5.41) is 10.0. The second-order valence-corrected chi connectivity index (χ2v) is 4.45. The molecule has 1 saturated heterocycles. The Morgan fingerprint density at radius 2 is 2.15 bits per heavy atom. The summed E-state index contributed by atoms with van der Waals surface area (Å²) in [6.45, 7) is 1.76. The van der Waals surface area contributed by atoms with Gasteiger partial charge in [-0.1, -0.05) is 6.42 Å². The molecule has 3 heteroatoms. The molecule has 1 saturated carbocycles. The van der Waals surface area contributed by atoms with Crippen LogP contribution in [0.5, 0.6) is 0 Å². The number of ether oxygens (including phenoxy) is 1. The standard InChI is InChI=1S/C10H16O3/c1-10(12)6-9(11)13-8-5-3-2-4-7(8)10/h7-8,12H,2-6H2,1H3/t7-,8+,10?/m1/s1. The molecule has 0 amide bonds. The molecule has 0 radical (unpaired) electrons. The van der Waals surface area contributed by atoms with Gasteiger partial charge in [-0.05, 0) is 26.2 Å². The SMILES string of the molecule is CC1(O)CC(=O)O[C@H]2CCCC[C@H]21. The summed E-state index contributed by atoms with van der Waals surface area (Å²) in [6, 6.07) is 0. The van der Waals surface area contributed by atoms with Gasteiger partial charge < -0.3 is 9.84 Å². The highest BCUT2D eigenvalue weighted by Gasteiger charge is 2.46. The topological polar surface area (TPSA) is 46.5 Å². The van der Waals surface area contributed by atoms with E-state index in [-0.39, 0.29) is 24.4 Å². The van der Waals surface area contributed by atoms with Crippen LogP contribution in [0.4, 0.5) is 0 Å². The summed E-state index contributed by atoms with van der Waals surface area (Å²) >= 11 is 0. The number of hydrogen-bond donors (Lipinski definition) is 1. The van der Waals surface area contributed by atoms with Gasteiger partial charge in [-0.3, -0.25) is 4.79 Å². The van der Waals surface area contributed by atoms with Crippen molar-refractivity contribution in [2.45, 2.75) is 50.7 Å². The maximum absolute atomic E-state index is 11.2. The van der Waals surface area contributed by atoms with Crippen LogP contribution >= 0.6 is 0 Å². The number of esters is 1. The van der Waals surface area contributed by atoms with E-state index in [9.17, 15) is 9.90 Å². The molecule has 0 spiro atoms. The fourth-order valence-corrected chi connectivity index (χ4v) is 2.58. The first-order chi connectivity index (χ1) is 6.09. The smallest absolute Gasteiger partial charge is 0.308 e. The Morgan fingerprint density at radius 3 is 2.92 bits per heavy atom. The number of rotatable bonds is 0. The van der Waals surface area contributed by atoms with E-state index in [1.54, 1.807) is 6.92 Å². The van der Waals surface area contributed by atoms with E-state index in [4.69, 9.17) is 4.74 Å². The van der Waals surface area contributed by atoms with Gasteiger partial charge >= 0.3 is 5.97 Å². The van der Waals surface area contributed by atoms with E-state index in [2.05, 4.69) is 0 Å². The molecular formula is C10H16O3. The lowest BCUT2D eigenvalue weighted by atomic mass is 9.73. The predicted molar refractivity (Wildman–Crippen MR) is 47.1 cm³/mol. The average molecular weight is 184 g/mol. The third-order valence-electron chi connectivity index (χ3n) is 3.29. The van der Waals surface area contributed by atoms with Crippen LogP contribution in [0.2, 0.25) is 0 Å². The first-order valence-electron chi connectivity index (χ1n) is 5.01. The Morgan fingerprint density at radius 1 is 1.46 bits per heavy atom. The predicted octanol–water partition coefficient (Wildman–Crippen LogP) is 1.24. The normalized spacial score (nSPS) is 45.2. The van der Waals surface area contributed by atoms with Gasteiger partial charge in [-0.15, -0.1) is 0 Å². The lowest BCUT2D eigenvalue weighted by Gasteiger charge is -2.44. The highest BCUT2D eigenvalue weighted by Crippen LogP contribution is 2.40. The van der Waals surface area contributed by atoms with Gasteiger partial charge in [0.1, 0.15) is 6.10 Å². The zero-order chi connectivity index (χ0) is 9.47. The fourth-order valence-electron chi connectivity index (χ4n) is 2.58. The second-order valence-electron chi connectivity index (χ2n) is 4.45. The summed E-state index contributed by atoms with van der Waals surface area (Å²) in [4.78, 5) is 11.2. The molecule has 74 valence electrons. The number of fused-ring (bicyclic) bond motifs is 1. The van der Waals surface area contributed by atoms with Gasteiger partial charge in [-0.25, -0.2) is 0 Å². The average Bonchev–Trinajstić information content (AvgIpc) is 2.02. The number of carbonyl (C=O) groups is 1. The van der Waals surface area contributed by atoms with Crippen molar-refractivity contribution >= 4 is 5.97 Å². The van der Waals surface area contributed by atoms with Gasteiger partial charge in [-0.2, -0.15) is 0 Å². The Balaban J connectivity index is 2.17. The molecule has 0 aromatic carbocycles. The quantitative estimate of drug-likeness (QED) is 0.576. The maximum atomic E-state index is 11.2. The van der Waals surface area contributed by atoms with Crippen molar-refractivity contribution in [2.75, 3.05) is 0 Å². The number of carbonyl (C=O) groups excluding carboxylic acids is 1. The van der Waals surface area contributed by atoms with Crippen LogP contribution in [0.3, 0.4) is 0 Å². The van der Waals surface area contributed by atoms with Crippen molar-refractivity contribution in [1.82, 2.24) is 0 Å². The van der Waals surface area contributed by atoms with E-state index in [1.807, 2.05) is 0 Å². The van der Waals surface area contributed by atoms with Gasteiger partial charge in [0.2, 0.25) is 0 Å². The Labute approximate surface area is 78.1 Å². The van der Waals surface area contributed by atoms with E-state index in [0.29, 0.717) is 0 Å². The zero-order valence-electron chi connectivity index (χ0n) is 7.95. The molecule has 0 aromatic rings. The summed E-state index contributed by atoms with van der Waals surface area (Å²) < 4.78 is 5.23. The Hall–Kier alpha value is -0.570. The number of hydrogen-bond acceptors (Lipinski definition) is 3. The first-order valence-corrected chi connectivity index (χ1v) is 5.01. The summed E-state index contributed by atoms with van der Waals surface area (Å²) in [7, 11) is 0. The van der Waals surface area contributed by atoms with Crippen LogP contribution in [0, 0.1) is 5.92 Å². The van der Waals surface area contributed by atoms with Crippen LogP contribution in [0.15, 0.2) is 0 Å². The molecule has 1 unspecified atom stereocenters. The summed E-state index contributed by atoms with van der Waals surface area (Å²) in [6.07, 6.45) is 4.32. The minimum Gasteiger partial charge on any atom is -0.462 e. The third-order valence-corrected chi connectivity index (χ3v) is 3.29. The molecule has 1 aliphatic heterocycles. The van der Waals surface area contributed by atoms with Crippen LogP contribution in [0.1, 0.15) is 39.0 Å². The van der Waals surface area contributed by atoms with Gasteiger partial charge in [0.15, 0.2) is 0 Å². The van der Waals surface area contributed by atoms with Crippen molar-refractivity contribution < 1.29 is 14.6 Å². The molecule has 1 heterocycles. The molecule has 1 N–H and O–H groups in total. The minimum atomic E-state index is -0.833. The molecule has 3 atom stereocenters. The van der Waals surface area contributed by atoms with Crippen molar-refractivity contribution in [3.05, 3.63) is 0 Å². The summed E-state index contributed by atoms with van der Waals surface area (Å²) in [5.74, 6) is -0.0768. The lowest BCUT2D eigenvalue weighted by Crippen LogP contribution is -2.51. The van der Waals surface area contributed by atoms with Gasteiger partial charge in [0.05, 0.1) is 12.0 Å². The van der Waals surface area contributed by atoms with Crippen LogP contribution in [-0.2, 0) is 9.53 Å². The van der Waals surface area contributed by atoms with E-state index < -0.39 is 5.60 Å². The van der Waals surface area contributed by atoms with Crippen molar-refractivity contribution in [2.24, 2.45) is 5.92 Å². The molecule has 1 aliphatic carbocycles. The monoisotopic (exact) mass is 184 g/mol. The molecule has 13 heavy (non-hydrogen) atoms. The molecule has 0 aromatic heterocycles. The fraction of sp³-hybridized carbons (Fsp3) is 0.900. The van der Waals surface area contributed by atoms with Gasteiger partial charge in [0, 0.05) is 5.92 Å². The second kappa shape index (κ2) is 2.98.